The van der Waals surface area contributed by atoms with Crippen molar-refractivity contribution in [2.75, 3.05) is 18.4 Å². The molecular formula is C15H18F2N4O. The summed E-state index contributed by atoms with van der Waals surface area (Å²) in [5, 5.41) is 2.75. The summed E-state index contributed by atoms with van der Waals surface area (Å²) in [4.78, 5) is 21.1. The minimum absolute atomic E-state index is 0.0745. The second kappa shape index (κ2) is 5.55. The van der Waals surface area contributed by atoms with Crippen LogP contribution in [0.5, 0.6) is 0 Å². The van der Waals surface area contributed by atoms with Crippen molar-refractivity contribution >= 4 is 22.8 Å². The monoisotopic (exact) mass is 308 g/mol. The standard InChI is InChI=1S/C15H18F2N4O/c1-2-13-19-11-4-3-10(9-12(11)20-13)18-14(22)21-7-5-15(16,17)6-8-21/h3-4,9H,2,5-8H2,1H3,(H,18,22)(H,19,20). The van der Waals surface area contributed by atoms with Crippen LogP contribution in [0.1, 0.15) is 25.6 Å². The number of aromatic amines is 1. The van der Waals surface area contributed by atoms with Gasteiger partial charge >= 0.3 is 6.03 Å². The van der Waals surface area contributed by atoms with E-state index < -0.39 is 5.92 Å². The van der Waals surface area contributed by atoms with E-state index >= 15 is 0 Å². The lowest BCUT2D eigenvalue weighted by Gasteiger charge is -2.31. The Morgan fingerprint density at radius 1 is 1.41 bits per heavy atom. The van der Waals surface area contributed by atoms with E-state index in [4.69, 9.17) is 0 Å². The molecule has 2 heterocycles. The Bertz CT molecular complexity index is 688. The quantitative estimate of drug-likeness (QED) is 0.893. The number of likely N-dealkylation sites (tertiary alicyclic amines) is 1. The second-order valence-electron chi connectivity index (χ2n) is 5.54. The van der Waals surface area contributed by atoms with E-state index in [9.17, 15) is 13.6 Å². The molecule has 118 valence electrons. The van der Waals surface area contributed by atoms with Gasteiger partial charge in [-0.05, 0) is 18.2 Å². The minimum atomic E-state index is -2.65. The first-order valence-corrected chi connectivity index (χ1v) is 7.39. The smallest absolute Gasteiger partial charge is 0.321 e. The van der Waals surface area contributed by atoms with Crippen LogP contribution in [0.3, 0.4) is 0 Å². The summed E-state index contributed by atoms with van der Waals surface area (Å²) in [5.74, 6) is -1.76. The fraction of sp³-hybridized carbons (Fsp3) is 0.467. The molecule has 2 N–H and O–H groups in total. The molecule has 1 aromatic carbocycles. The van der Waals surface area contributed by atoms with Gasteiger partial charge in [0.15, 0.2) is 0 Å². The number of alkyl halides is 2. The topological polar surface area (TPSA) is 61.0 Å². The second-order valence-corrected chi connectivity index (χ2v) is 5.54. The number of hydrogen-bond acceptors (Lipinski definition) is 2. The van der Waals surface area contributed by atoms with E-state index in [-0.39, 0.29) is 32.0 Å². The summed E-state index contributed by atoms with van der Waals surface area (Å²) in [6.45, 7) is 2.16. The summed E-state index contributed by atoms with van der Waals surface area (Å²) in [5.41, 5.74) is 2.31. The van der Waals surface area contributed by atoms with Crippen molar-refractivity contribution in [1.82, 2.24) is 14.9 Å². The summed E-state index contributed by atoms with van der Waals surface area (Å²) in [7, 11) is 0. The number of carbonyl (C=O) groups excluding carboxylic acids is 1. The molecule has 0 bridgehead atoms. The molecule has 2 aromatic rings. The highest BCUT2D eigenvalue weighted by Gasteiger charge is 2.35. The Morgan fingerprint density at radius 2 is 2.14 bits per heavy atom. The van der Waals surface area contributed by atoms with Gasteiger partial charge in [0.2, 0.25) is 0 Å². The van der Waals surface area contributed by atoms with Crippen molar-refractivity contribution in [2.24, 2.45) is 0 Å². The molecule has 0 atom stereocenters. The lowest BCUT2D eigenvalue weighted by atomic mass is 10.1. The van der Waals surface area contributed by atoms with Gasteiger partial charge in [-0.15, -0.1) is 0 Å². The molecule has 3 rings (SSSR count). The fourth-order valence-electron chi connectivity index (χ4n) is 2.55. The SMILES string of the molecule is CCc1nc2ccc(NC(=O)N3CCC(F)(F)CC3)cc2[nH]1. The number of fused-ring (bicyclic) bond motifs is 1. The molecule has 1 aliphatic heterocycles. The zero-order chi connectivity index (χ0) is 15.7. The van der Waals surface area contributed by atoms with Crippen LogP contribution in [0, 0.1) is 0 Å². The van der Waals surface area contributed by atoms with Crippen LogP contribution >= 0.6 is 0 Å². The maximum absolute atomic E-state index is 13.1. The number of hydrogen-bond donors (Lipinski definition) is 2. The zero-order valence-corrected chi connectivity index (χ0v) is 12.3. The van der Waals surface area contributed by atoms with Gasteiger partial charge in [-0.2, -0.15) is 0 Å². The van der Waals surface area contributed by atoms with Crippen LogP contribution in [0.15, 0.2) is 18.2 Å². The first kappa shape index (κ1) is 14.7. The number of aromatic nitrogens is 2. The Morgan fingerprint density at radius 3 is 2.82 bits per heavy atom. The first-order valence-electron chi connectivity index (χ1n) is 7.39. The number of amides is 2. The average Bonchev–Trinajstić information content (AvgIpc) is 2.89. The van der Waals surface area contributed by atoms with Crippen molar-refractivity contribution < 1.29 is 13.6 Å². The number of halogens is 2. The van der Waals surface area contributed by atoms with E-state index in [1.807, 2.05) is 13.0 Å². The molecule has 0 unspecified atom stereocenters. The van der Waals surface area contributed by atoms with Crippen LogP contribution in [-0.4, -0.2) is 39.9 Å². The molecule has 22 heavy (non-hydrogen) atoms. The Kier molecular flexibility index (Phi) is 3.72. The highest BCUT2D eigenvalue weighted by atomic mass is 19.3. The number of rotatable bonds is 2. The number of carbonyl (C=O) groups is 1. The van der Waals surface area contributed by atoms with Crippen molar-refractivity contribution in [1.29, 1.82) is 0 Å². The molecule has 1 fully saturated rings. The van der Waals surface area contributed by atoms with Crippen LogP contribution in [0.25, 0.3) is 11.0 Å². The Hall–Kier alpha value is -2.18. The van der Waals surface area contributed by atoms with Crippen molar-refractivity contribution in [3.05, 3.63) is 24.0 Å². The normalized spacial score (nSPS) is 17.7. The van der Waals surface area contributed by atoms with Gasteiger partial charge in [0.05, 0.1) is 11.0 Å². The van der Waals surface area contributed by atoms with Gasteiger partial charge in [0.25, 0.3) is 5.92 Å². The maximum atomic E-state index is 13.1. The Labute approximate surface area is 126 Å². The summed E-state index contributed by atoms with van der Waals surface area (Å²) in [6, 6.07) is 5.05. The molecule has 5 nitrogen and oxygen atoms in total. The van der Waals surface area contributed by atoms with Gasteiger partial charge in [-0.25, -0.2) is 18.6 Å². The third-order valence-electron chi connectivity index (χ3n) is 3.90. The highest BCUT2D eigenvalue weighted by molar-refractivity contribution is 5.92. The first-order chi connectivity index (χ1) is 10.5. The lowest BCUT2D eigenvalue weighted by molar-refractivity contribution is -0.0461. The van der Waals surface area contributed by atoms with Gasteiger partial charge in [-0.1, -0.05) is 6.92 Å². The van der Waals surface area contributed by atoms with Gasteiger partial charge < -0.3 is 15.2 Å². The predicted octanol–water partition coefficient (Wildman–Crippen LogP) is 3.39. The average molecular weight is 308 g/mol. The van der Waals surface area contributed by atoms with E-state index in [0.29, 0.717) is 5.69 Å². The summed E-state index contributed by atoms with van der Waals surface area (Å²) in [6.07, 6.45) is 0.248. The number of benzene rings is 1. The molecule has 0 saturated carbocycles. The van der Waals surface area contributed by atoms with Crippen LogP contribution < -0.4 is 5.32 Å². The van der Waals surface area contributed by atoms with E-state index in [0.717, 1.165) is 23.3 Å². The van der Waals surface area contributed by atoms with Gasteiger partial charge in [-0.3, -0.25) is 0 Å². The molecule has 7 heteroatoms. The lowest BCUT2D eigenvalue weighted by Crippen LogP contribution is -2.44. The molecule has 1 aromatic heterocycles. The number of piperidine rings is 1. The molecule has 1 aliphatic rings. The number of urea groups is 1. The number of nitrogens with zero attached hydrogens (tertiary/aromatic N) is 2. The highest BCUT2D eigenvalue weighted by Crippen LogP contribution is 2.28. The van der Waals surface area contributed by atoms with E-state index in [2.05, 4.69) is 15.3 Å². The van der Waals surface area contributed by atoms with Crippen molar-refractivity contribution in [3.8, 4) is 0 Å². The van der Waals surface area contributed by atoms with E-state index in [1.165, 1.54) is 4.90 Å². The van der Waals surface area contributed by atoms with Crippen LogP contribution in [0.4, 0.5) is 19.3 Å². The number of aryl methyl sites for hydroxylation is 1. The number of H-pyrrole nitrogens is 1. The molecular weight excluding hydrogens is 290 g/mol. The predicted molar refractivity (Wildman–Crippen MR) is 80.2 cm³/mol. The zero-order valence-electron chi connectivity index (χ0n) is 12.3. The third kappa shape index (κ3) is 3.03. The molecule has 0 radical (unpaired) electrons. The fourth-order valence-corrected chi connectivity index (χ4v) is 2.55. The van der Waals surface area contributed by atoms with Crippen molar-refractivity contribution in [3.63, 3.8) is 0 Å². The van der Waals surface area contributed by atoms with Crippen LogP contribution in [0.2, 0.25) is 0 Å². The minimum Gasteiger partial charge on any atom is -0.342 e. The number of anilines is 1. The van der Waals surface area contributed by atoms with Gasteiger partial charge in [0.1, 0.15) is 5.82 Å². The largest absolute Gasteiger partial charge is 0.342 e. The summed E-state index contributed by atoms with van der Waals surface area (Å²) < 4.78 is 26.2. The third-order valence-corrected chi connectivity index (χ3v) is 3.90. The molecule has 0 aliphatic carbocycles. The van der Waals surface area contributed by atoms with Crippen LogP contribution in [-0.2, 0) is 6.42 Å². The Balaban J connectivity index is 1.68. The molecule has 0 spiro atoms. The van der Waals surface area contributed by atoms with Crippen molar-refractivity contribution in [2.45, 2.75) is 32.1 Å². The maximum Gasteiger partial charge on any atom is 0.321 e. The van der Waals surface area contributed by atoms with E-state index in [1.54, 1.807) is 12.1 Å². The molecule has 2 amide bonds. The number of imidazole rings is 1. The summed E-state index contributed by atoms with van der Waals surface area (Å²) >= 11 is 0. The van der Waals surface area contributed by atoms with Gasteiger partial charge in [0, 0.05) is 38.0 Å². The molecule has 1 saturated heterocycles. The number of nitrogens with one attached hydrogen (secondary N) is 2.